The molecule has 3 unspecified atom stereocenters. The first-order valence-corrected chi connectivity index (χ1v) is 6.98. The maximum atomic E-state index is 2.38. The molecule has 0 saturated heterocycles. The zero-order valence-corrected chi connectivity index (χ0v) is 10.3. The van der Waals surface area contributed by atoms with Gasteiger partial charge in [0.1, 0.15) is 0 Å². The summed E-state index contributed by atoms with van der Waals surface area (Å²) in [6.45, 7) is 2.37. The number of fused-ring (bicyclic) bond motifs is 2. The first-order chi connectivity index (χ1) is 7.90. The Morgan fingerprint density at radius 3 is 2.81 bits per heavy atom. The van der Waals surface area contributed by atoms with E-state index in [-0.39, 0.29) is 0 Å². The molecular weight excluding hydrogens is 192 g/mol. The lowest BCUT2D eigenvalue weighted by atomic mass is 9.63. The standard InChI is InChI=1S/C16H22/c1-2-14-15-9-5-3-7-12(15)11-13-8-4-6-10-16(13)14/h3,5,7,9,13-14,16H,2,4,6,8,10-11H2,1H3. The van der Waals surface area contributed by atoms with Crippen LogP contribution in [0.25, 0.3) is 0 Å². The van der Waals surface area contributed by atoms with Crippen molar-refractivity contribution in [3.63, 3.8) is 0 Å². The lowest BCUT2D eigenvalue weighted by Gasteiger charge is -2.42. The molecule has 16 heavy (non-hydrogen) atoms. The van der Waals surface area contributed by atoms with Crippen molar-refractivity contribution in [2.75, 3.05) is 0 Å². The maximum absolute atomic E-state index is 2.38. The largest absolute Gasteiger partial charge is 0.0648 e. The second kappa shape index (κ2) is 4.24. The van der Waals surface area contributed by atoms with Gasteiger partial charge in [-0.15, -0.1) is 0 Å². The zero-order chi connectivity index (χ0) is 11.0. The second-order valence-electron chi connectivity index (χ2n) is 5.63. The van der Waals surface area contributed by atoms with Crippen LogP contribution >= 0.6 is 0 Å². The summed E-state index contributed by atoms with van der Waals surface area (Å²) in [5.74, 6) is 2.84. The fraction of sp³-hybridized carbons (Fsp3) is 0.625. The van der Waals surface area contributed by atoms with Gasteiger partial charge >= 0.3 is 0 Å². The molecule has 0 bridgehead atoms. The van der Waals surface area contributed by atoms with Gasteiger partial charge < -0.3 is 0 Å². The lowest BCUT2D eigenvalue weighted by molar-refractivity contribution is 0.180. The van der Waals surface area contributed by atoms with Gasteiger partial charge in [0.15, 0.2) is 0 Å². The maximum Gasteiger partial charge on any atom is -0.0131 e. The highest BCUT2D eigenvalue weighted by Gasteiger charge is 2.36. The van der Waals surface area contributed by atoms with E-state index in [1.165, 1.54) is 38.5 Å². The van der Waals surface area contributed by atoms with Crippen molar-refractivity contribution in [1.82, 2.24) is 0 Å². The molecule has 1 fully saturated rings. The summed E-state index contributed by atoms with van der Waals surface area (Å²) >= 11 is 0. The molecule has 0 aliphatic heterocycles. The third-order valence-electron chi connectivity index (χ3n) is 4.86. The van der Waals surface area contributed by atoms with E-state index in [1.807, 2.05) is 0 Å². The van der Waals surface area contributed by atoms with Crippen LogP contribution in [-0.2, 0) is 6.42 Å². The van der Waals surface area contributed by atoms with E-state index >= 15 is 0 Å². The van der Waals surface area contributed by atoms with Crippen LogP contribution in [0.3, 0.4) is 0 Å². The summed E-state index contributed by atoms with van der Waals surface area (Å²) in [5.41, 5.74) is 3.32. The van der Waals surface area contributed by atoms with Gasteiger partial charge in [0, 0.05) is 0 Å². The molecule has 0 aromatic heterocycles. The predicted octanol–water partition coefficient (Wildman–Crippen LogP) is 4.54. The van der Waals surface area contributed by atoms with Crippen molar-refractivity contribution in [3.8, 4) is 0 Å². The van der Waals surface area contributed by atoms with E-state index in [2.05, 4.69) is 31.2 Å². The van der Waals surface area contributed by atoms with E-state index < -0.39 is 0 Å². The van der Waals surface area contributed by atoms with Gasteiger partial charge in [-0.1, -0.05) is 44.0 Å². The molecule has 1 saturated carbocycles. The van der Waals surface area contributed by atoms with Crippen LogP contribution in [0.15, 0.2) is 24.3 Å². The van der Waals surface area contributed by atoms with E-state index in [1.54, 1.807) is 11.1 Å². The van der Waals surface area contributed by atoms with Crippen molar-refractivity contribution >= 4 is 0 Å². The molecule has 86 valence electrons. The molecule has 0 heterocycles. The van der Waals surface area contributed by atoms with Gasteiger partial charge in [-0.3, -0.25) is 0 Å². The van der Waals surface area contributed by atoms with E-state index in [4.69, 9.17) is 0 Å². The summed E-state index contributed by atoms with van der Waals surface area (Å²) in [7, 11) is 0. The molecule has 2 aliphatic carbocycles. The van der Waals surface area contributed by atoms with Gasteiger partial charge in [0.25, 0.3) is 0 Å². The Labute approximate surface area is 99.1 Å². The van der Waals surface area contributed by atoms with Crippen molar-refractivity contribution in [3.05, 3.63) is 35.4 Å². The van der Waals surface area contributed by atoms with Crippen LogP contribution in [0.1, 0.15) is 56.1 Å². The summed E-state index contributed by atoms with van der Waals surface area (Å²) in [5, 5.41) is 0. The molecule has 0 heteroatoms. The minimum absolute atomic E-state index is 0.857. The highest BCUT2D eigenvalue weighted by molar-refractivity contribution is 5.34. The zero-order valence-electron chi connectivity index (χ0n) is 10.3. The van der Waals surface area contributed by atoms with Crippen LogP contribution in [0.2, 0.25) is 0 Å². The Kier molecular flexibility index (Phi) is 2.75. The third-order valence-corrected chi connectivity index (χ3v) is 4.86. The Morgan fingerprint density at radius 2 is 1.94 bits per heavy atom. The molecular formula is C16H22. The first-order valence-electron chi connectivity index (χ1n) is 6.98. The van der Waals surface area contributed by atoms with Crippen LogP contribution in [0, 0.1) is 11.8 Å². The minimum Gasteiger partial charge on any atom is -0.0648 e. The fourth-order valence-electron chi connectivity index (χ4n) is 4.14. The SMILES string of the molecule is CCC1c2ccccc2CC2CCCCC21. The highest BCUT2D eigenvalue weighted by atomic mass is 14.4. The van der Waals surface area contributed by atoms with E-state index in [0.29, 0.717) is 0 Å². The fourth-order valence-corrected chi connectivity index (χ4v) is 4.14. The first kappa shape index (κ1) is 10.4. The molecule has 0 nitrogen and oxygen atoms in total. The second-order valence-corrected chi connectivity index (χ2v) is 5.63. The van der Waals surface area contributed by atoms with Gasteiger partial charge in [-0.2, -0.15) is 0 Å². The summed E-state index contributed by atoms with van der Waals surface area (Å²) in [4.78, 5) is 0. The van der Waals surface area contributed by atoms with Crippen molar-refractivity contribution in [1.29, 1.82) is 0 Å². The predicted molar refractivity (Wildman–Crippen MR) is 68.6 cm³/mol. The lowest BCUT2D eigenvalue weighted by Crippen LogP contribution is -2.31. The molecule has 3 atom stereocenters. The minimum atomic E-state index is 0.857. The average Bonchev–Trinajstić information content (AvgIpc) is 2.36. The third kappa shape index (κ3) is 1.59. The molecule has 0 N–H and O–H groups in total. The molecule has 0 radical (unpaired) electrons. The summed E-state index contributed by atoms with van der Waals surface area (Å²) in [6, 6.07) is 9.19. The molecule has 3 rings (SSSR count). The van der Waals surface area contributed by atoms with Crippen molar-refractivity contribution in [2.24, 2.45) is 11.8 Å². The van der Waals surface area contributed by atoms with Gasteiger partial charge in [-0.05, 0) is 54.6 Å². The smallest absolute Gasteiger partial charge is 0.0131 e. The average molecular weight is 214 g/mol. The molecule has 0 amide bonds. The van der Waals surface area contributed by atoms with Gasteiger partial charge in [0.05, 0.1) is 0 Å². The van der Waals surface area contributed by atoms with Crippen LogP contribution < -0.4 is 0 Å². The van der Waals surface area contributed by atoms with Crippen LogP contribution in [0.4, 0.5) is 0 Å². The molecule has 0 spiro atoms. The highest BCUT2D eigenvalue weighted by Crippen LogP contribution is 2.47. The van der Waals surface area contributed by atoms with Crippen molar-refractivity contribution < 1.29 is 0 Å². The number of benzene rings is 1. The summed E-state index contributed by atoms with van der Waals surface area (Å²) < 4.78 is 0. The monoisotopic (exact) mass is 214 g/mol. The Hall–Kier alpha value is -0.780. The Balaban J connectivity index is 1.99. The number of hydrogen-bond donors (Lipinski definition) is 0. The summed E-state index contributed by atoms with van der Waals surface area (Å²) in [6.07, 6.45) is 8.60. The van der Waals surface area contributed by atoms with Crippen LogP contribution in [-0.4, -0.2) is 0 Å². The topological polar surface area (TPSA) is 0 Å². The van der Waals surface area contributed by atoms with E-state index in [9.17, 15) is 0 Å². The quantitative estimate of drug-likeness (QED) is 0.643. The Morgan fingerprint density at radius 1 is 1.12 bits per heavy atom. The number of rotatable bonds is 1. The molecule has 1 aromatic carbocycles. The molecule has 1 aromatic rings. The van der Waals surface area contributed by atoms with Crippen LogP contribution in [0.5, 0.6) is 0 Å². The van der Waals surface area contributed by atoms with Gasteiger partial charge in [-0.25, -0.2) is 0 Å². The normalized spacial score (nSPS) is 32.9. The molecule has 2 aliphatic rings. The number of hydrogen-bond acceptors (Lipinski definition) is 0. The van der Waals surface area contributed by atoms with Crippen molar-refractivity contribution in [2.45, 2.75) is 51.4 Å². The Bertz CT molecular complexity index is 366. The van der Waals surface area contributed by atoms with E-state index in [0.717, 1.165) is 17.8 Å². The van der Waals surface area contributed by atoms with Gasteiger partial charge in [0.2, 0.25) is 0 Å².